The van der Waals surface area contributed by atoms with Gasteiger partial charge in [-0.1, -0.05) is 48.5 Å². The molecular weight excluding hydrogens is 402 g/mol. The number of fused-ring (bicyclic) bond motifs is 1. The van der Waals surface area contributed by atoms with Crippen molar-refractivity contribution in [2.24, 2.45) is 13.0 Å². The second-order valence-electron chi connectivity index (χ2n) is 7.99. The Kier molecular flexibility index (Phi) is 4.70. The highest BCUT2D eigenvalue weighted by Crippen LogP contribution is 2.40. The van der Waals surface area contributed by atoms with Gasteiger partial charge in [-0.25, -0.2) is 4.68 Å². The molecule has 0 bridgehead atoms. The molecule has 2 heterocycles. The van der Waals surface area contributed by atoms with E-state index in [1.54, 1.807) is 59.1 Å². The smallest absolute Gasteiger partial charge is 0.275 e. The quantitative estimate of drug-likeness (QED) is 0.469. The lowest BCUT2D eigenvalue weighted by Gasteiger charge is -2.21. The third-order valence-electron chi connectivity index (χ3n) is 6.31. The molecule has 1 unspecified atom stereocenters. The number of pyridine rings is 1. The van der Waals surface area contributed by atoms with Gasteiger partial charge in [0, 0.05) is 47.7 Å². The van der Waals surface area contributed by atoms with Crippen molar-refractivity contribution in [1.82, 2.24) is 14.3 Å². The second kappa shape index (κ2) is 7.57. The Morgan fingerprint density at radius 3 is 2.06 bits per heavy atom. The summed E-state index contributed by atoms with van der Waals surface area (Å²) in [6, 6.07) is 19.8. The number of rotatable bonds is 4. The number of Topliss-reactive ketones (excluding diaryl/α,β-unsaturated/α-hetero) is 2. The molecule has 0 amide bonds. The molecule has 6 nitrogen and oxygen atoms in total. The number of benzene rings is 2. The van der Waals surface area contributed by atoms with E-state index in [4.69, 9.17) is 0 Å². The number of aromatic nitrogens is 3. The van der Waals surface area contributed by atoms with E-state index in [-0.39, 0.29) is 17.1 Å². The van der Waals surface area contributed by atoms with Gasteiger partial charge in [0.05, 0.1) is 11.6 Å². The van der Waals surface area contributed by atoms with E-state index in [1.807, 2.05) is 43.3 Å². The highest BCUT2D eigenvalue weighted by molar-refractivity contribution is 6.27. The average Bonchev–Trinajstić information content (AvgIpc) is 3.20. The van der Waals surface area contributed by atoms with Gasteiger partial charge in [-0.3, -0.25) is 24.0 Å². The van der Waals surface area contributed by atoms with Crippen LogP contribution in [0.5, 0.6) is 0 Å². The minimum Gasteiger partial charge on any atom is -0.293 e. The Bertz CT molecular complexity index is 1370. The molecule has 0 spiro atoms. The first-order chi connectivity index (χ1) is 15.5. The molecule has 6 heteroatoms. The van der Waals surface area contributed by atoms with Crippen LogP contribution < -0.4 is 5.56 Å². The van der Waals surface area contributed by atoms with Gasteiger partial charge in [0.25, 0.3) is 5.56 Å². The molecule has 158 valence electrons. The third-order valence-corrected chi connectivity index (χ3v) is 6.31. The molecule has 2 aromatic carbocycles. The lowest BCUT2D eigenvalue weighted by atomic mass is 9.78. The van der Waals surface area contributed by atoms with Crippen LogP contribution in [-0.2, 0) is 7.05 Å². The Balaban J connectivity index is 1.76. The second-order valence-corrected chi connectivity index (χ2v) is 7.99. The van der Waals surface area contributed by atoms with E-state index in [0.717, 1.165) is 0 Å². The maximum atomic E-state index is 13.8. The summed E-state index contributed by atoms with van der Waals surface area (Å²) in [6.07, 6.45) is 3.26. The van der Waals surface area contributed by atoms with Crippen molar-refractivity contribution < 1.29 is 9.59 Å². The van der Waals surface area contributed by atoms with Gasteiger partial charge in [-0.2, -0.15) is 0 Å². The molecule has 0 N–H and O–H groups in total. The summed E-state index contributed by atoms with van der Waals surface area (Å²) in [7, 11) is 1.81. The van der Waals surface area contributed by atoms with Gasteiger partial charge in [0.1, 0.15) is 0 Å². The Morgan fingerprint density at radius 1 is 0.844 bits per heavy atom. The van der Waals surface area contributed by atoms with Crippen molar-refractivity contribution in [3.8, 4) is 5.69 Å². The third kappa shape index (κ3) is 2.87. The Hall–Kier alpha value is -4.06. The number of nitrogens with zero attached hydrogens (tertiary/aromatic N) is 3. The fraction of sp³-hybridized carbons (Fsp3) is 0.154. The fourth-order valence-corrected chi connectivity index (χ4v) is 4.70. The number of ketones is 2. The van der Waals surface area contributed by atoms with Crippen LogP contribution in [0.1, 0.15) is 43.5 Å². The van der Waals surface area contributed by atoms with E-state index < -0.39 is 11.8 Å². The molecule has 0 saturated carbocycles. The van der Waals surface area contributed by atoms with Gasteiger partial charge in [0.15, 0.2) is 11.6 Å². The lowest BCUT2D eigenvalue weighted by Crippen LogP contribution is -2.30. The summed E-state index contributed by atoms with van der Waals surface area (Å²) >= 11 is 0. The van der Waals surface area contributed by atoms with E-state index in [1.165, 1.54) is 0 Å². The molecule has 1 aliphatic carbocycles. The zero-order valence-corrected chi connectivity index (χ0v) is 17.7. The maximum Gasteiger partial charge on any atom is 0.275 e. The summed E-state index contributed by atoms with van der Waals surface area (Å²) in [4.78, 5) is 44.8. The van der Waals surface area contributed by atoms with Crippen molar-refractivity contribution in [2.75, 3.05) is 0 Å². The van der Waals surface area contributed by atoms with E-state index >= 15 is 0 Å². The Morgan fingerprint density at radius 2 is 1.47 bits per heavy atom. The standard InChI is InChI=1S/C26H21N3O3/c1-16-21(26(32)29(28(16)2)18-10-4-3-5-11-18)22(17-9-8-14-27-15-17)23-24(30)19-12-6-7-13-20(19)25(23)31/h3-15,22-23H,1-2H3. The number of hydrogen-bond acceptors (Lipinski definition) is 4. The number of hydrogen-bond donors (Lipinski definition) is 0. The van der Waals surface area contributed by atoms with E-state index in [0.29, 0.717) is 33.6 Å². The molecule has 4 aromatic rings. The number of carbonyl (C=O) groups excluding carboxylic acids is 2. The summed E-state index contributed by atoms with van der Waals surface area (Å²) in [5.74, 6) is -2.25. The molecule has 32 heavy (non-hydrogen) atoms. The molecule has 2 aromatic heterocycles. The minimum absolute atomic E-state index is 0.249. The zero-order valence-electron chi connectivity index (χ0n) is 17.7. The fourth-order valence-electron chi connectivity index (χ4n) is 4.70. The van der Waals surface area contributed by atoms with E-state index in [9.17, 15) is 14.4 Å². The molecule has 0 saturated heterocycles. The van der Waals surface area contributed by atoms with Crippen LogP contribution >= 0.6 is 0 Å². The average molecular weight is 423 g/mol. The van der Waals surface area contributed by atoms with Gasteiger partial charge < -0.3 is 0 Å². The van der Waals surface area contributed by atoms with Crippen LogP contribution in [0.25, 0.3) is 5.69 Å². The molecular formula is C26H21N3O3. The molecule has 1 atom stereocenters. The predicted molar refractivity (Wildman–Crippen MR) is 120 cm³/mol. The SMILES string of the molecule is Cc1c(C(c2cccnc2)C2C(=O)c3ccccc3C2=O)c(=O)n(-c2ccccc2)n1C. The first kappa shape index (κ1) is 19.9. The van der Waals surface area contributed by atoms with Gasteiger partial charge in [-0.05, 0) is 30.7 Å². The summed E-state index contributed by atoms with van der Waals surface area (Å²) in [5, 5.41) is 0. The van der Waals surface area contributed by atoms with Crippen LogP contribution in [-0.4, -0.2) is 25.9 Å². The van der Waals surface area contributed by atoms with Gasteiger partial charge >= 0.3 is 0 Å². The highest BCUT2D eigenvalue weighted by Gasteiger charge is 2.46. The van der Waals surface area contributed by atoms with Crippen molar-refractivity contribution in [3.63, 3.8) is 0 Å². The van der Waals surface area contributed by atoms with Crippen LogP contribution in [0.15, 0.2) is 83.9 Å². The van der Waals surface area contributed by atoms with Crippen LogP contribution in [0.3, 0.4) is 0 Å². The number of carbonyl (C=O) groups is 2. The molecule has 0 fully saturated rings. The van der Waals surface area contributed by atoms with E-state index in [2.05, 4.69) is 4.98 Å². The van der Waals surface area contributed by atoms with Crippen LogP contribution in [0, 0.1) is 12.8 Å². The summed E-state index contributed by atoms with van der Waals surface area (Å²) < 4.78 is 3.35. The highest BCUT2D eigenvalue weighted by atomic mass is 16.2. The normalized spacial score (nSPS) is 14.6. The van der Waals surface area contributed by atoms with Crippen molar-refractivity contribution in [3.05, 3.63) is 117 Å². The largest absolute Gasteiger partial charge is 0.293 e. The monoisotopic (exact) mass is 423 g/mol. The van der Waals surface area contributed by atoms with Crippen molar-refractivity contribution in [1.29, 1.82) is 0 Å². The lowest BCUT2D eigenvalue weighted by molar-refractivity contribution is 0.0824. The predicted octanol–water partition coefficient (Wildman–Crippen LogP) is 3.71. The maximum absolute atomic E-state index is 13.8. The molecule has 5 rings (SSSR count). The van der Waals surface area contributed by atoms with Gasteiger partial charge in [0.2, 0.25) is 0 Å². The summed E-state index contributed by atoms with van der Waals surface area (Å²) in [6.45, 7) is 1.84. The van der Waals surface area contributed by atoms with Crippen LogP contribution in [0.2, 0.25) is 0 Å². The minimum atomic E-state index is -1.00. The first-order valence-electron chi connectivity index (χ1n) is 10.4. The van der Waals surface area contributed by atoms with Gasteiger partial charge in [-0.15, -0.1) is 0 Å². The van der Waals surface area contributed by atoms with Crippen LogP contribution in [0.4, 0.5) is 0 Å². The topological polar surface area (TPSA) is 74.0 Å². The zero-order chi connectivity index (χ0) is 22.4. The molecule has 0 radical (unpaired) electrons. The number of para-hydroxylation sites is 1. The Labute approximate surface area is 184 Å². The molecule has 1 aliphatic rings. The van der Waals surface area contributed by atoms with Crippen molar-refractivity contribution in [2.45, 2.75) is 12.8 Å². The first-order valence-corrected chi connectivity index (χ1v) is 10.4. The molecule has 0 aliphatic heterocycles. The van der Waals surface area contributed by atoms with Crippen molar-refractivity contribution >= 4 is 11.6 Å². The summed E-state index contributed by atoms with van der Waals surface area (Å²) in [5.41, 5.74) is 3.08.